The van der Waals surface area contributed by atoms with Crippen molar-refractivity contribution in [2.24, 2.45) is 0 Å². The third kappa shape index (κ3) is 3.69. The molecule has 1 N–H and O–H groups in total. The first-order chi connectivity index (χ1) is 9.75. The molecule has 1 aromatic carbocycles. The second kappa shape index (κ2) is 7.45. The van der Waals surface area contributed by atoms with E-state index in [1.807, 2.05) is 0 Å². The lowest BCUT2D eigenvalue weighted by molar-refractivity contribution is -0.140. The van der Waals surface area contributed by atoms with Crippen molar-refractivity contribution >= 4 is 30.1 Å². The third-order valence-corrected chi connectivity index (χ3v) is 4.58. The fraction of sp³-hybridized carbons (Fsp3) is 0.500. The van der Waals surface area contributed by atoms with E-state index in [1.165, 1.54) is 6.07 Å². The molecule has 0 spiro atoms. The van der Waals surface area contributed by atoms with Gasteiger partial charge in [-0.15, -0.1) is 24.2 Å². The van der Waals surface area contributed by atoms with Gasteiger partial charge in [0.1, 0.15) is 11.9 Å². The standard InChI is InChI=1S/C14H17FN2O2S.ClH/c15-11-4-2-1-3-10(11)13-7-17(5-6-19-13)14(18)12-8-20-9-16-12;/h1-4,12-13,16H,5-9H2;1H. The molecule has 2 unspecified atom stereocenters. The van der Waals surface area contributed by atoms with Crippen LogP contribution in [0.3, 0.4) is 0 Å². The number of carbonyl (C=O) groups excluding carboxylic acids is 1. The van der Waals surface area contributed by atoms with E-state index in [1.54, 1.807) is 34.9 Å². The van der Waals surface area contributed by atoms with Crippen LogP contribution in [0.15, 0.2) is 24.3 Å². The molecule has 116 valence electrons. The molecule has 2 aliphatic rings. The second-order valence-corrected chi connectivity index (χ2v) is 5.97. The van der Waals surface area contributed by atoms with Crippen molar-refractivity contribution in [1.82, 2.24) is 10.2 Å². The molecule has 2 saturated heterocycles. The molecule has 2 atom stereocenters. The van der Waals surface area contributed by atoms with Crippen LogP contribution in [0.2, 0.25) is 0 Å². The van der Waals surface area contributed by atoms with E-state index in [-0.39, 0.29) is 36.3 Å². The molecule has 0 aromatic heterocycles. The second-order valence-electron chi connectivity index (χ2n) is 4.94. The average Bonchev–Trinajstić information content (AvgIpc) is 3.01. The first-order valence-corrected chi connectivity index (χ1v) is 7.87. The Morgan fingerprint density at radius 1 is 1.43 bits per heavy atom. The number of nitrogens with one attached hydrogen (secondary N) is 1. The number of hydrogen-bond donors (Lipinski definition) is 1. The predicted octanol–water partition coefficient (Wildman–Crippen LogP) is 1.81. The fourth-order valence-corrected chi connectivity index (χ4v) is 3.48. The Bertz CT molecular complexity index is 500. The summed E-state index contributed by atoms with van der Waals surface area (Å²) in [7, 11) is 0. The van der Waals surface area contributed by atoms with E-state index >= 15 is 0 Å². The molecule has 4 nitrogen and oxygen atoms in total. The summed E-state index contributed by atoms with van der Waals surface area (Å²) in [5.74, 6) is 1.44. The summed E-state index contributed by atoms with van der Waals surface area (Å²) >= 11 is 1.72. The lowest BCUT2D eigenvalue weighted by atomic mass is 10.1. The van der Waals surface area contributed by atoms with Gasteiger partial charge in [-0.05, 0) is 6.07 Å². The van der Waals surface area contributed by atoms with Crippen LogP contribution < -0.4 is 5.32 Å². The highest BCUT2D eigenvalue weighted by atomic mass is 35.5. The monoisotopic (exact) mass is 332 g/mol. The molecule has 1 amide bonds. The Balaban J connectivity index is 0.00000161. The number of carbonyl (C=O) groups is 1. The summed E-state index contributed by atoms with van der Waals surface area (Å²) in [6, 6.07) is 6.48. The molecule has 0 saturated carbocycles. The number of rotatable bonds is 2. The molecule has 7 heteroatoms. The molecular formula is C14H18ClFN2O2S. The van der Waals surface area contributed by atoms with Crippen LogP contribution in [0.4, 0.5) is 4.39 Å². The van der Waals surface area contributed by atoms with Gasteiger partial charge in [0.2, 0.25) is 5.91 Å². The predicted molar refractivity (Wildman–Crippen MR) is 83.2 cm³/mol. The normalized spacial score (nSPS) is 25.5. The van der Waals surface area contributed by atoms with Crippen LogP contribution >= 0.6 is 24.2 Å². The van der Waals surface area contributed by atoms with Gasteiger partial charge in [0, 0.05) is 23.7 Å². The number of morpholine rings is 1. The number of hydrogen-bond acceptors (Lipinski definition) is 4. The van der Waals surface area contributed by atoms with Gasteiger partial charge in [-0.25, -0.2) is 4.39 Å². The number of ether oxygens (including phenoxy) is 1. The van der Waals surface area contributed by atoms with Crippen molar-refractivity contribution in [1.29, 1.82) is 0 Å². The summed E-state index contributed by atoms with van der Waals surface area (Å²) in [4.78, 5) is 14.1. The number of amides is 1. The minimum Gasteiger partial charge on any atom is -0.370 e. The highest BCUT2D eigenvalue weighted by Crippen LogP contribution is 2.25. The van der Waals surface area contributed by atoms with Gasteiger partial charge in [-0.1, -0.05) is 18.2 Å². The maximum atomic E-state index is 13.8. The quantitative estimate of drug-likeness (QED) is 0.897. The van der Waals surface area contributed by atoms with E-state index in [9.17, 15) is 9.18 Å². The lowest BCUT2D eigenvalue weighted by Gasteiger charge is -2.34. The molecule has 1 aromatic rings. The number of thioether (sulfide) groups is 1. The van der Waals surface area contributed by atoms with Gasteiger partial charge >= 0.3 is 0 Å². The summed E-state index contributed by atoms with van der Waals surface area (Å²) in [5, 5.41) is 3.18. The molecule has 21 heavy (non-hydrogen) atoms. The highest BCUT2D eigenvalue weighted by Gasteiger charge is 2.32. The van der Waals surface area contributed by atoms with Gasteiger partial charge in [-0.2, -0.15) is 0 Å². The molecule has 2 aliphatic heterocycles. The van der Waals surface area contributed by atoms with Crippen molar-refractivity contribution in [2.45, 2.75) is 12.1 Å². The Hall–Kier alpha value is -0.820. The van der Waals surface area contributed by atoms with E-state index in [2.05, 4.69) is 5.32 Å². The van der Waals surface area contributed by atoms with Crippen LogP contribution in [0.5, 0.6) is 0 Å². The zero-order valence-electron chi connectivity index (χ0n) is 11.5. The summed E-state index contributed by atoms with van der Waals surface area (Å²) in [5.41, 5.74) is 0.527. The van der Waals surface area contributed by atoms with E-state index in [4.69, 9.17) is 4.74 Å². The smallest absolute Gasteiger partial charge is 0.240 e. The molecule has 3 rings (SSSR count). The zero-order valence-corrected chi connectivity index (χ0v) is 13.1. The van der Waals surface area contributed by atoms with Crippen LogP contribution in [-0.4, -0.2) is 48.2 Å². The van der Waals surface area contributed by atoms with Gasteiger partial charge in [0.15, 0.2) is 0 Å². The molecule has 2 heterocycles. The third-order valence-electron chi connectivity index (χ3n) is 3.64. The van der Waals surface area contributed by atoms with Crippen LogP contribution in [0.25, 0.3) is 0 Å². The average molecular weight is 333 g/mol. The molecule has 0 radical (unpaired) electrons. The van der Waals surface area contributed by atoms with Gasteiger partial charge in [0.05, 0.1) is 19.2 Å². The van der Waals surface area contributed by atoms with Crippen molar-refractivity contribution in [3.63, 3.8) is 0 Å². The number of halogens is 2. The minimum absolute atomic E-state index is 0. The summed E-state index contributed by atoms with van der Waals surface area (Å²) in [6.45, 7) is 1.44. The van der Waals surface area contributed by atoms with Crippen molar-refractivity contribution < 1.29 is 13.9 Å². The first kappa shape index (κ1) is 16.5. The zero-order chi connectivity index (χ0) is 13.9. The van der Waals surface area contributed by atoms with Gasteiger partial charge in [-0.3, -0.25) is 10.1 Å². The lowest BCUT2D eigenvalue weighted by Crippen LogP contribution is -2.50. The Morgan fingerprint density at radius 3 is 2.95 bits per heavy atom. The SMILES string of the molecule is Cl.O=C(C1CSCN1)N1CCOC(c2ccccc2F)C1. The summed E-state index contributed by atoms with van der Waals surface area (Å²) in [6.07, 6.45) is -0.372. The molecule has 2 fully saturated rings. The highest BCUT2D eigenvalue weighted by molar-refractivity contribution is 7.99. The topological polar surface area (TPSA) is 41.6 Å². The van der Waals surface area contributed by atoms with Crippen LogP contribution in [0.1, 0.15) is 11.7 Å². The van der Waals surface area contributed by atoms with E-state index in [0.717, 1.165) is 11.6 Å². The molecule has 0 bridgehead atoms. The van der Waals surface area contributed by atoms with Crippen LogP contribution in [0, 0.1) is 5.82 Å². The number of benzene rings is 1. The fourth-order valence-electron chi connectivity index (χ4n) is 2.55. The Labute approximate surface area is 133 Å². The minimum atomic E-state index is -0.372. The van der Waals surface area contributed by atoms with Crippen molar-refractivity contribution in [3.05, 3.63) is 35.6 Å². The molecule has 0 aliphatic carbocycles. The maximum Gasteiger partial charge on any atom is 0.240 e. The van der Waals surface area contributed by atoms with Gasteiger partial charge in [0.25, 0.3) is 0 Å². The summed E-state index contributed by atoms with van der Waals surface area (Å²) < 4.78 is 19.4. The maximum absolute atomic E-state index is 13.8. The van der Waals surface area contributed by atoms with Crippen molar-refractivity contribution in [3.8, 4) is 0 Å². The molecular weight excluding hydrogens is 315 g/mol. The van der Waals surface area contributed by atoms with E-state index < -0.39 is 0 Å². The number of nitrogens with zero attached hydrogens (tertiary/aromatic N) is 1. The van der Waals surface area contributed by atoms with Crippen molar-refractivity contribution in [2.75, 3.05) is 31.3 Å². The van der Waals surface area contributed by atoms with Crippen LogP contribution in [-0.2, 0) is 9.53 Å². The largest absolute Gasteiger partial charge is 0.370 e. The Morgan fingerprint density at radius 2 is 2.24 bits per heavy atom. The Kier molecular flexibility index (Phi) is 5.87. The van der Waals surface area contributed by atoms with Gasteiger partial charge < -0.3 is 9.64 Å². The van der Waals surface area contributed by atoms with E-state index in [0.29, 0.717) is 25.3 Å². The first-order valence-electron chi connectivity index (χ1n) is 6.71.